The summed E-state index contributed by atoms with van der Waals surface area (Å²) in [6.07, 6.45) is 6.38. The van der Waals surface area contributed by atoms with E-state index in [-0.39, 0.29) is 24.4 Å². The third-order valence-electron chi connectivity index (χ3n) is 6.31. The molecule has 33 heavy (non-hydrogen) atoms. The molecule has 1 aromatic rings. The number of nitrogens with one attached hydrogen (secondary N) is 1. The van der Waals surface area contributed by atoms with Crippen molar-refractivity contribution >= 4 is 29.6 Å². The lowest BCUT2D eigenvalue weighted by Gasteiger charge is -2.54. The number of urea groups is 1. The minimum atomic E-state index is -0.520. The first-order chi connectivity index (χ1) is 16.0. The highest BCUT2D eigenvalue weighted by Gasteiger charge is 2.50. The average Bonchev–Trinajstić information content (AvgIpc) is 2.81. The molecule has 0 bridgehead atoms. The van der Waals surface area contributed by atoms with Crippen molar-refractivity contribution in [1.29, 1.82) is 0 Å². The number of rotatable bonds is 10. The molecular weight excluding hydrogens is 438 g/mol. The van der Waals surface area contributed by atoms with E-state index in [9.17, 15) is 14.4 Å². The van der Waals surface area contributed by atoms with E-state index in [1.807, 2.05) is 41.5 Å². The molecule has 0 radical (unpaired) electrons. The lowest BCUT2D eigenvalue weighted by molar-refractivity contribution is -0.187. The Balaban J connectivity index is 1.79. The second-order valence-corrected chi connectivity index (χ2v) is 9.71. The van der Waals surface area contributed by atoms with E-state index >= 15 is 0 Å². The normalized spacial score (nSPS) is 21.4. The molecule has 2 heterocycles. The first kappa shape index (κ1) is 25.4. The number of carbonyl (C=O) groups excluding carboxylic acids is 3. The second-order valence-electron chi connectivity index (χ2n) is 8.73. The van der Waals surface area contributed by atoms with Crippen LogP contribution in [0.5, 0.6) is 0 Å². The number of hydrazine groups is 1. The number of likely N-dealkylation sites (N-methyl/N-ethyl adjacent to an activating group) is 1. The molecule has 2 aliphatic rings. The lowest BCUT2D eigenvalue weighted by Crippen LogP contribution is -2.76. The molecule has 3 rings (SSSR count). The van der Waals surface area contributed by atoms with E-state index in [2.05, 4.69) is 12.2 Å². The van der Waals surface area contributed by atoms with Gasteiger partial charge in [0, 0.05) is 20.1 Å². The third kappa shape index (κ3) is 6.20. The van der Waals surface area contributed by atoms with Crippen LogP contribution in [0.15, 0.2) is 30.3 Å². The van der Waals surface area contributed by atoms with Crippen LogP contribution in [0.3, 0.4) is 0 Å². The highest BCUT2D eigenvalue weighted by Crippen LogP contribution is 2.28. The van der Waals surface area contributed by atoms with E-state index in [1.165, 1.54) is 0 Å². The van der Waals surface area contributed by atoms with Crippen molar-refractivity contribution in [2.45, 2.75) is 57.8 Å². The minimum absolute atomic E-state index is 0.0133. The Morgan fingerprint density at radius 3 is 2.61 bits per heavy atom. The molecule has 0 aliphatic carbocycles. The molecule has 0 unspecified atom stereocenters. The fourth-order valence-corrected chi connectivity index (χ4v) is 5.06. The van der Waals surface area contributed by atoms with Crippen molar-refractivity contribution in [2.24, 2.45) is 0 Å². The van der Waals surface area contributed by atoms with Gasteiger partial charge in [-0.05, 0) is 30.4 Å². The van der Waals surface area contributed by atoms with Crippen LogP contribution in [0.1, 0.15) is 44.6 Å². The summed E-state index contributed by atoms with van der Waals surface area (Å²) < 4.78 is 0. The Bertz CT molecular complexity index is 809. The van der Waals surface area contributed by atoms with Gasteiger partial charge in [0.25, 0.3) is 0 Å². The standard InChI is InChI=1S/C24H37N5O3S/c1-4-5-6-10-14-27-17-21-28(20(23(27)31)13-15-33-3)22(30)18-26(2)29(21)24(32)25-16-19-11-8-7-9-12-19/h7-9,11-12,20-21H,4-6,10,13-18H2,1-3H3,(H,25,32)/t20-,21-/m0/s1. The molecule has 2 aliphatic heterocycles. The number of hydrogen-bond donors (Lipinski definition) is 1. The predicted octanol–water partition coefficient (Wildman–Crippen LogP) is 2.76. The number of unbranched alkanes of at least 4 members (excludes halogenated alkanes) is 3. The zero-order valence-electron chi connectivity index (χ0n) is 20.0. The lowest BCUT2D eigenvalue weighted by atomic mass is 10.0. The molecule has 182 valence electrons. The van der Waals surface area contributed by atoms with Crippen molar-refractivity contribution in [3.63, 3.8) is 0 Å². The van der Waals surface area contributed by atoms with E-state index < -0.39 is 12.2 Å². The first-order valence-corrected chi connectivity index (χ1v) is 13.3. The Hall–Kier alpha value is -2.26. The number of piperazine rings is 1. The molecule has 2 atom stereocenters. The topological polar surface area (TPSA) is 76.2 Å². The van der Waals surface area contributed by atoms with Gasteiger partial charge in [0.05, 0.1) is 13.1 Å². The first-order valence-electron chi connectivity index (χ1n) is 11.9. The SMILES string of the molecule is CCCCCCN1C[C@H]2N(C(=O)CN(C)N2C(=O)NCc2ccccc2)[C@@H](CCSC)C1=O. The molecule has 4 amide bonds. The van der Waals surface area contributed by atoms with Crippen LogP contribution in [0.25, 0.3) is 0 Å². The largest absolute Gasteiger partial charge is 0.337 e. The Kier molecular flexibility index (Phi) is 9.43. The van der Waals surface area contributed by atoms with Gasteiger partial charge in [0.2, 0.25) is 11.8 Å². The molecule has 0 aromatic heterocycles. The maximum atomic E-state index is 13.4. The van der Waals surface area contributed by atoms with Gasteiger partial charge in [-0.2, -0.15) is 11.8 Å². The van der Waals surface area contributed by atoms with E-state index in [1.54, 1.807) is 33.7 Å². The van der Waals surface area contributed by atoms with Crippen molar-refractivity contribution in [2.75, 3.05) is 38.7 Å². The van der Waals surface area contributed by atoms with Crippen molar-refractivity contribution in [3.05, 3.63) is 35.9 Å². The minimum Gasteiger partial charge on any atom is -0.337 e. The number of fused-ring (bicyclic) bond motifs is 1. The number of thioether (sulfide) groups is 1. The Morgan fingerprint density at radius 2 is 1.91 bits per heavy atom. The molecule has 1 aromatic carbocycles. The summed E-state index contributed by atoms with van der Waals surface area (Å²) in [7, 11) is 1.76. The summed E-state index contributed by atoms with van der Waals surface area (Å²) in [5, 5.41) is 6.30. The van der Waals surface area contributed by atoms with E-state index in [0.29, 0.717) is 26.1 Å². The van der Waals surface area contributed by atoms with Gasteiger partial charge < -0.3 is 15.1 Å². The molecule has 2 fully saturated rings. The number of carbonyl (C=O) groups is 3. The van der Waals surface area contributed by atoms with Gasteiger partial charge in [0.15, 0.2) is 0 Å². The second kappa shape index (κ2) is 12.3. The summed E-state index contributed by atoms with van der Waals surface area (Å²) in [6, 6.07) is 8.97. The fraction of sp³-hybridized carbons (Fsp3) is 0.625. The number of benzene rings is 1. The molecule has 8 nitrogen and oxygen atoms in total. The Labute approximate surface area is 201 Å². The summed E-state index contributed by atoms with van der Waals surface area (Å²) in [4.78, 5) is 43.2. The molecule has 9 heteroatoms. The van der Waals surface area contributed by atoms with Gasteiger partial charge >= 0.3 is 6.03 Å². The third-order valence-corrected chi connectivity index (χ3v) is 6.96. The van der Waals surface area contributed by atoms with Crippen LogP contribution >= 0.6 is 11.8 Å². The van der Waals surface area contributed by atoms with Crippen molar-refractivity contribution < 1.29 is 14.4 Å². The van der Waals surface area contributed by atoms with Crippen molar-refractivity contribution in [1.82, 2.24) is 25.1 Å². The molecule has 2 saturated heterocycles. The predicted molar refractivity (Wildman–Crippen MR) is 131 cm³/mol. The highest BCUT2D eigenvalue weighted by molar-refractivity contribution is 7.98. The van der Waals surface area contributed by atoms with Crippen LogP contribution in [-0.2, 0) is 16.1 Å². The van der Waals surface area contributed by atoms with Gasteiger partial charge in [-0.1, -0.05) is 56.5 Å². The van der Waals surface area contributed by atoms with E-state index in [0.717, 1.165) is 37.0 Å². The van der Waals surface area contributed by atoms with Crippen LogP contribution in [0, 0.1) is 0 Å². The maximum Gasteiger partial charge on any atom is 0.334 e. The number of nitrogens with zero attached hydrogens (tertiary/aromatic N) is 4. The highest BCUT2D eigenvalue weighted by atomic mass is 32.2. The zero-order chi connectivity index (χ0) is 23.8. The molecular formula is C24H37N5O3S. The number of hydrogen-bond acceptors (Lipinski definition) is 5. The summed E-state index contributed by atoms with van der Waals surface area (Å²) in [5.41, 5.74) is 1.01. The van der Waals surface area contributed by atoms with Crippen LogP contribution in [0.4, 0.5) is 4.79 Å². The fourth-order valence-electron chi connectivity index (χ4n) is 4.60. The maximum absolute atomic E-state index is 13.4. The smallest absolute Gasteiger partial charge is 0.334 e. The zero-order valence-corrected chi connectivity index (χ0v) is 20.9. The molecule has 1 N–H and O–H groups in total. The average molecular weight is 476 g/mol. The van der Waals surface area contributed by atoms with Gasteiger partial charge in [-0.25, -0.2) is 14.8 Å². The Morgan fingerprint density at radius 1 is 1.15 bits per heavy atom. The molecule has 0 saturated carbocycles. The summed E-state index contributed by atoms with van der Waals surface area (Å²) in [5.74, 6) is 0.700. The molecule has 0 spiro atoms. The van der Waals surface area contributed by atoms with Crippen LogP contribution in [0.2, 0.25) is 0 Å². The van der Waals surface area contributed by atoms with Crippen LogP contribution in [-0.4, -0.2) is 88.6 Å². The monoisotopic (exact) mass is 475 g/mol. The van der Waals surface area contributed by atoms with Gasteiger partial charge in [-0.15, -0.1) is 0 Å². The summed E-state index contributed by atoms with van der Waals surface area (Å²) >= 11 is 1.66. The van der Waals surface area contributed by atoms with Gasteiger partial charge in [-0.3, -0.25) is 9.59 Å². The van der Waals surface area contributed by atoms with E-state index in [4.69, 9.17) is 0 Å². The van der Waals surface area contributed by atoms with Crippen molar-refractivity contribution in [3.8, 4) is 0 Å². The summed E-state index contributed by atoms with van der Waals surface area (Å²) in [6.45, 7) is 3.65. The van der Waals surface area contributed by atoms with Gasteiger partial charge in [0.1, 0.15) is 12.2 Å². The number of amides is 4. The van der Waals surface area contributed by atoms with Crippen LogP contribution < -0.4 is 5.32 Å². The quantitative estimate of drug-likeness (QED) is 0.527.